The molecular formula is C29H29ClN4O3. The zero-order valence-electron chi connectivity index (χ0n) is 21.5. The van der Waals surface area contributed by atoms with E-state index >= 15 is 0 Å². The smallest absolute Gasteiger partial charge is 0.358 e. The molecule has 0 saturated carbocycles. The standard InChI is InChI=1S/C26H21ClN4O3.C3H8/c1-14-11-17(15(2)29-20-9-10-21(27)30-23(20)26(32)33-3)24-18(12-14)22-25(34-24)19(13-28-31-22)16-7-5-4-6-8-16;1-3-2/h4-13,15,29H,1-3H3;3H2,1-2H3. The SMILES string of the molecule is CCC.COC(=O)c1nc(Cl)ccc1NC(C)c1cc(C)cc2c1oc1c(-c3ccccc3)cnnc12. The van der Waals surface area contributed by atoms with Gasteiger partial charge in [-0.15, -0.1) is 5.10 Å². The van der Waals surface area contributed by atoms with Gasteiger partial charge in [-0.1, -0.05) is 68.3 Å². The van der Waals surface area contributed by atoms with Crippen LogP contribution in [0.1, 0.15) is 54.8 Å². The summed E-state index contributed by atoms with van der Waals surface area (Å²) in [5.41, 5.74) is 6.56. The van der Waals surface area contributed by atoms with Gasteiger partial charge in [-0.3, -0.25) is 0 Å². The number of nitrogens with one attached hydrogen (secondary N) is 1. The van der Waals surface area contributed by atoms with Gasteiger partial charge >= 0.3 is 5.97 Å². The first-order valence-electron chi connectivity index (χ1n) is 12.1. The zero-order valence-corrected chi connectivity index (χ0v) is 22.3. The van der Waals surface area contributed by atoms with E-state index in [9.17, 15) is 4.79 Å². The van der Waals surface area contributed by atoms with E-state index in [1.807, 2.05) is 50.2 Å². The van der Waals surface area contributed by atoms with E-state index in [4.69, 9.17) is 20.8 Å². The van der Waals surface area contributed by atoms with E-state index in [2.05, 4.69) is 40.4 Å². The van der Waals surface area contributed by atoms with Crippen LogP contribution in [-0.4, -0.2) is 28.3 Å². The fourth-order valence-corrected chi connectivity index (χ4v) is 4.26. The molecule has 0 amide bonds. The molecule has 2 aromatic carbocycles. The Hall–Kier alpha value is -3.97. The Morgan fingerprint density at radius 3 is 2.54 bits per heavy atom. The van der Waals surface area contributed by atoms with E-state index in [1.54, 1.807) is 18.3 Å². The van der Waals surface area contributed by atoms with Crippen molar-refractivity contribution in [3.8, 4) is 11.1 Å². The molecule has 0 bridgehead atoms. The van der Waals surface area contributed by atoms with E-state index in [0.29, 0.717) is 22.4 Å². The number of ether oxygens (including phenoxy) is 1. The van der Waals surface area contributed by atoms with Crippen LogP contribution in [0, 0.1) is 6.92 Å². The number of methoxy groups -OCH3 is 1. The third kappa shape index (κ3) is 5.42. The summed E-state index contributed by atoms with van der Waals surface area (Å²) in [5, 5.41) is 13.1. The maximum atomic E-state index is 12.2. The predicted molar refractivity (Wildman–Crippen MR) is 148 cm³/mol. The van der Waals surface area contributed by atoms with Gasteiger partial charge < -0.3 is 14.5 Å². The molecule has 0 spiro atoms. The highest BCUT2D eigenvalue weighted by atomic mass is 35.5. The van der Waals surface area contributed by atoms with Gasteiger partial charge in [0.2, 0.25) is 0 Å². The highest BCUT2D eigenvalue weighted by Crippen LogP contribution is 2.38. The summed E-state index contributed by atoms with van der Waals surface area (Å²) < 4.78 is 11.3. The summed E-state index contributed by atoms with van der Waals surface area (Å²) in [6.45, 7) is 8.26. The molecule has 37 heavy (non-hydrogen) atoms. The molecule has 5 aromatic rings. The molecular weight excluding hydrogens is 488 g/mol. The third-order valence-corrected chi connectivity index (χ3v) is 5.90. The average Bonchev–Trinajstić information content (AvgIpc) is 3.28. The quantitative estimate of drug-likeness (QED) is 0.188. The van der Waals surface area contributed by atoms with Crippen LogP contribution in [0.25, 0.3) is 33.2 Å². The minimum absolute atomic E-state index is 0.118. The summed E-state index contributed by atoms with van der Waals surface area (Å²) in [7, 11) is 1.31. The van der Waals surface area contributed by atoms with Crippen LogP contribution in [0.4, 0.5) is 5.69 Å². The van der Waals surface area contributed by atoms with E-state index < -0.39 is 5.97 Å². The first-order valence-corrected chi connectivity index (χ1v) is 12.5. The lowest BCUT2D eigenvalue weighted by Gasteiger charge is -2.18. The van der Waals surface area contributed by atoms with Crippen LogP contribution in [-0.2, 0) is 4.74 Å². The number of anilines is 1. The molecule has 0 aliphatic carbocycles. The van der Waals surface area contributed by atoms with Crippen LogP contribution in [0.3, 0.4) is 0 Å². The van der Waals surface area contributed by atoms with Crippen LogP contribution in [0.2, 0.25) is 5.15 Å². The number of rotatable bonds is 5. The number of benzene rings is 2. The van der Waals surface area contributed by atoms with Crippen molar-refractivity contribution in [2.75, 3.05) is 12.4 Å². The topological polar surface area (TPSA) is 90.1 Å². The lowest BCUT2D eigenvalue weighted by Crippen LogP contribution is -2.13. The first-order chi connectivity index (χ1) is 17.9. The molecule has 3 heterocycles. The van der Waals surface area contributed by atoms with Crippen LogP contribution < -0.4 is 5.32 Å². The highest BCUT2D eigenvalue weighted by Gasteiger charge is 2.22. The number of nitrogens with zero attached hydrogens (tertiary/aromatic N) is 3. The van der Waals surface area contributed by atoms with Crippen molar-refractivity contribution in [2.45, 2.75) is 40.2 Å². The van der Waals surface area contributed by atoms with E-state index in [1.165, 1.54) is 13.5 Å². The molecule has 8 heteroatoms. The number of hydrogen-bond donors (Lipinski definition) is 1. The van der Waals surface area contributed by atoms with Crippen molar-refractivity contribution < 1.29 is 13.9 Å². The molecule has 0 aliphatic rings. The summed E-state index contributed by atoms with van der Waals surface area (Å²) >= 11 is 6.01. The first kappa shape index (κ1) is 26.1. The Bertz CT molecular complexity index is 1550. The molecule has 5 rings (SSSR count). The Kier molecular flexibility index (Phi) is 8.04. The number of carbonyl (C=O) groups is 1. The second-order valence-corrected chi connectivity index (χ2v) is 9.12. The normalized spacial score (nSPS) is 11.6. The van der Waals surface area contributed by atoms with Crippen LogP contribution >= 0.6 is 11.6 Å². The van der Waals surface area contributed by atoms with Gasteiger partial charge in [0.15, 0.2) is 11.3 Å². The second-order valence-electron chi connectivity index (χ2n) is 8.73. The number of esters is 1. The zero-order chi connectivity index (χ0) is 26.5. The molecule has 1 N–H and O–H groups in total. The molecule has 0 aliphatic heterocycles. The van der Waals surface area contributed by atoms with Crippen LogP contribution in [0.15, 0.2) is 65.2 Å². The summed E-state index contributed by atoms with van der Waals surface area (Å²) in [4.78, 5) is 16.4. The summed E-state index contributed by atoms with van der Waals surface area (Å²) in [6, 6.07) is 17.2. The van der Waals surface area contributed by atoms with E-state index in [0.717, 1.165) is 27.6 Å². The van der Waals surface area contributed by atoms with Gasteiger partial charge in [0.05, 0.1) is 25.0 Å². The monoisotopic (exact) mass is 516 g/mol. The average molecular weight is 517 g/mol. The Balaban J connectivity index is 0.00000102. The number of fused-ring (bicyclic) bond motifs is 3. The van der Waals surface area contributed by atoms with Crippen molar-refractivity contribution in [2.24, 2.45) is 0 Å². The van der Waals surface area contributed by atoms with Gasteiger partial charge in [0.25, 0.3) is 0 Å². The van der Waals surface area contributed by atoms with Crippen LogP contribution in [0.5, 0.6) is 0 Å². The van der Waals surface area contributed by atoms with Gasteiger partial charge in [0.1, 0.15) is 16.3 Å². The molecule has 0 fully saturated rings. The number of pyridine rings is 1. The molecule has 0 radical (unpaired) electrons. The molecule has 190 valence electrons. The fraction of sp³-hybridized carbons (Fsp3) is 0.241. The molecule has 0 saturated heterocycles. The maximum absolute atomic E-state index is 12.2. The van der Waals surface area contributed by atoms with Crippen molar-refractivity contribution >= 4 is 45.3 Å². The summed E-state index contributed by atoms with van der Waals surface area (Å²) in [5.74, 6) is -0.571. The van der Waals surface area contributed by atoms with Crippen molar-refractivity contribution in [3.63, 3.8) is 0 Å². The van der Waals surface area contributed by atoms with Gasteiger partial charge in [0, 0.05) is 16.5 Å². The molecule has 7 nitrogen and oxygen atoms in total. The summed E-state index contributed by atoms with van der Waals surface area (Å²) in [6.07, 6.45) is 2.97. The largest absolute Gasteiger partial charge is 0.464 e. The van der Waals surface area contributed by atoms with Crippen molar-refractivity contribution in [1.82, 2.24) is 15.2 Å². The Morgan fingerprint density at radius 2 is 1.84 bits per heavy atom. The number of halogens is 1. The third-order valence-electron chi connectivity index (χ3n) is 5.69. The Morgan fingerprint density at radius 1 is 1.11 bits per heavy atom. The number of hydrogen-bond acceptors (Lipinski definition) is 7. The predicted octanol–water partition coefficient (Wildman–Crippen LogP) is 7.78. The minimum atomic E-state index is -0.571. The number of furan rings is 1. The molecule has 3 aromatic heterocycles. The fourth-order valence-electron chi connectivity index (χ4n) is 4.11. The second kappa shape index (κ2) is 11.4. The number of aromatic nitrogens is 3. The number of aryl methyl sites for hydroxylation is 1. The molecule has 1 atom stereocenters. The van der Waals surface area contributed by atoms with Crippen molar-refractivity contribution in [3.05, 3.63) is 82.8 Å². The highest BCUT2D eigenvalue weighted by molar-refractivity contribution is 6.29. The number of carbonyl (C=O) groups excluding carboxylic acids is 1. The lowest BCUT2D eigenvalue weighted by molar-refractivity contribution is 0.0595. The molecule has 1 unspecified atom stereocenters. The van der Waals surface area contributed by atoms with Crippen molar-refractivity contribution in [1.29, 1.82) is 0 Å². The Labute approximate surface area is 220 Å². The van der Waals surface area contributed by atoms with E-state index in [-0.39, 0.29) is 16.9 Å². The lowest BCUT2D eigenvalue weighted by atomic mass is 10.0. The minimum Gasteiger partial charge on any atom is -0.464 e. The van der Waals surface area contributed by atoms with Gasteiger partial charge in [-0.2, -0.15) is 5.10 Å². The van der Waals surface area contributed by atoms with Gasteiger partial charge in [-0.05, 0) is 43.2 Å². The van der Waals surface area contributed by atoms with Gasteiger partial charge in [-0.25, -0.2) is 9.78 Å². The maximum Gasteiger partial charge on any atom is 0.358 e.